The molecule has 3 N–H and O–H groups in total. The van der Waals surface area contributed by atoms with Gasteiger partial charge in [0.15, 0.2) is 17.3 Å². The second kappa shape index (κ2) is 20.1. The fraction of sp³-hybridized carbons (Fsp3) is 0.600. The summed E-state index contributed by atoms with van der Waals surface area (Å²) in [6, 6.07) is 9.20. The van der Waals surface area contributed by atoms with Crippen molar-refractivity contribution < 1.29 is 65.5 Å². The first kappa shape index (κ1) is 43.4. The molecule has 5 atom stereocenters. The van der Waals surface area contributed by atoms with Crippen LogP contribution in [0.5, 0.6) is 11.5 Å². The lowest BCUT2D eigenvalue weighted by molar-refractivity contribution is -0.329. The number of esters is 1. The number of nitrogens with one attached hydrogen (secondary N) is 3. The normalized spacial score (nSPS) is 22.1. The molecule has 2 aromatic carbocycles. The first-order valence-corrected chi connectivity index (χ1v) is 19.4. The first-order chi connectivity index (χ1) is 27.2. The molecule has 57 heavy (non-hydrogen) atoms. The number of para-hydroxylation sites is 1. The largest absolute Gasteiger partial charge is 0.464 e. The van der Waals surface area contributed by atoms with Gasteiger partial charge in [-0.1, -0.05) is 38.1 Å². The minimum atomic E-state index is -4.51. The van der Waals surface area contributed by atoms with Crippen LogP contribution < -0.4 is 25.4 Å². The number of benzene rings is 2. The highest BCUT2D eigenvalue weighted by Crippen LogP contribution is 2.41. The molecule has 3 amide bonds. The molecule has 2 fully saturated rings. The van der Waals surface area contributed by atoms with Crippen molar-refractivity contribution >= 4 is 24.1 Å². The number of carbonyl (C=O) groups excluding carboxylic acids is 4. The maximum atomic E-state index is 13.2. The van der Waals surface area contributed by atoms with Gasteiger partial charge in [-0.25, -0.2) is 14.4 Å². The molecule has 14 nitrogen and oxygen atoms in total. The lowest BCUT2D eigenvalue weighted by atomic mass is 9.90. The number of hydrogen-bond donors (Lipinski definition) is 3. The fourth-order valence-electron chi connectivity index (χ4n) is 7.06. The van der Waals surface area contributed by atoms with Gasteiger partial charge in [-0.05, 0) is 68.7 Å². The van der Waals surface area contributed by atoms with Crippen molar-refractivity contribution in [1.29, 1.82) is 0 Å². The molecule has 2 saturated heterocycles. The molecular weight excluding hydrogens is 755 g/mol. The summed E-state index contributed by atoms with van der Waals surface area (Å²) >= 11 is 0. The van der Waals surface area contributed by atoms with E-state index in [1.807, 2.05) is 13.8 Å². The van der Waals surface area contributed by atoms with Gasteiger partial charge >= 0.3 is 24.3 Å². The maximum Gasteiger partial charge on any atom is 0.416 e. The summed E-state index contributed by atoms with van der Waals surface area (Å²) < 4.78 is 79.7. The molecule has 0 aromatic heterocycles. The van der Waals surface area contributed by atoms with Crippen LogP contribution in [-0.2, 0) is 52.5 Å². The molecule has 0 bridgehead atoms. The van der Waals surface area contributed by atoms with Crippen molar-refractivity contribution in [3.05, 3.63) is 59.2 Å². The van der Waals surface area contributed by atoms with E-state index in [2.05, 4.69) is 16.0 Å². The zero-order valence-electron chi connectivity index (χ0n) is 32.5. The van der Waals surface area contributed by atoms with Gasteiger partial charge in [-0.2, -0.15) is 13.2 Å². The minimum Gasteiger partial charge on any atom is -0.464 e. The number of alkyl halides is 3. The number of fused-ring (bicyclic) bond motifs is 1. The standard InChI is InChI=1S/C40H52F3N3O11/c1-4-51-36(48)32(15-13-25(2)3)46-34(47)16-14-29-19-31(55-38(50)45-22-27-9-6-12-33-35(27)54-24-53-33)20-39(56-29)17-7-11-30(57-39)23-52-37(49)44-21-26-8-5-10-28(18-26)40(41,42)43/h5-6,8-10,12,18,25,29-32H,4,7,11,13-17,19-24H2,1-3H3,(H,44,49)(H,45,50)(H,46,47)/t29-,30-,31-,32+,39+/m1/s1. The van der Waals surface area contributed by atoms with Crippen molar-refractivity contribution in [1.82, 2.24) is 16.0 Å². The maximum absolute atomic E-state index is 13.2. The third kappa shape index (κ3) is 13.1. The van der Waals surface area contributed by atoms with Crippen LogP contribution in [-0.4, -0.2) is 74.2 Å². The number of amides is 3. The zero-order valence-corrected chi connectivity index (χ0v) is 32.5. The predicted octanol–water partition coefficient (Wildman–Crippen LogP) is 6.66. The van der Waals surface area contributed by atoms with Gasteiger partial charge in [0, 0.05) is 44.3 Å². The van der Waals surface area contributed by atoms with Crippen LogP contribution in [0.1, 0.15) is 95.2 Å². The molecule has 3 aliphatic heterocycles. The van der Waals surface area contributed by atoms with E-state index in [0.29, 0.717) is 55.1 Å². The quantitative estimate of drug-likeness (QED) is 0.122. The average Bonchev–Trinajstić information content (AvgIpc) is 3.66. The summed E-state index contributed by atoms with van der Waals surface area (Å²) in [6.45, 7) is 5.80. The Hall–Kier alpha value is -4.77. The first-order valence-electron chi connectivity index (χ1n) is 19.4. The van der Waals surface area contributed by atoms with Crippen LogP contribution in [0, 0.1) is 5.92 Å². The third-order valence-electron chi connectivity index (χ3n) is 9.81. The predicted molar refractivity (Wildman–Crippen MR) is 197 cm³/mol. The number of rotatable bonds is 16. The summed E-state index contributed by atoms with van der Waals surface area (Å²) in [6.07, 6.45) is -4.52. The summed E-state index contributed by atoms with van der Waals surface area (Å²) in [5, 5.41) is 8.04. The molecule has 314 valence electrons. The highest BCUT2D eigenvalue weighted by molar-refractivity contribution is 5.84. The molecule has 3 heterocycles. The van der Waals surface area contributed by atoms with E-state index >= 15 is 0 Å². The Morgan fingerprint density at radius 2 is 1.72 bits per heavy atom. The smallest absolute Gasteiger partial charge is 0.416 e. The van der Waals surface area contributed by atoms with Crippen molar-refractivity contribution in [3.8, 4) is 11.5 Å². The molecule has 1 spiro atoms. The number of carbonyl (C=O) groups is 4. The van der Waals surface area contributed by atoms with Crippen LogP contribution in [0.15, 0.2) is 42.5 Å². The highest BCUT2D eigenvalue weighted by Gasteiger charge is 2.47. The molecule has 0 saturated carbocycles. The lowest BCUT2D eigenvalue weighted by Crippen LogP contribution is -2.53. The monoisotopic (exact) mass is 807 g/mol. The minimum absolute atomic E-state index is 0.0109. The van der Waals surface area contributed by atoms with E-state index in [9.17, 15) is 32.3 Å². The Kier molecular flexibility index (Phi) is 15.3. The molecule has 0 radical (unpaired) electrons. The average molecular weight is 808 g/mol. The van der Waals surface area contributed by atoms with Crippen molar-refractivity contribution in [3.63, 3.8) is 0 Å². The molecule has 0 aliphatic carbocycles. The van der Waals surface area contributed by atoms with Gasteiger partial charge < -0.3 is 49.1 Å². The van der Waals surface area contributed by atoms with E-state index in [4.69, 9.17) is 33.2 Å². The van der Waals surface area contributed by atoms with E-state index in [0.717, 1.165) is 12.1 Å². The molecule has 0 unspecified atom stereocenters. The van der Waals surface area contributed by atoms with Crippen LogP contribution >= 0.6 is 0 Å². The lowest BCUT2D eigenvalue weighted by Gasteiger charge is -2.47. The summed E-state index contributed by atoms with van der Waals surface area (Å²) in [5.74, 6) is -0.643. The highest BCUT2D eigenvalue weighted by atomic mass is 19.4. The molecule has 17 heteroatoms. The number of halogens is 3. The SMILES string of the molecule is CCOC(=O)[C@H](CCC(C)C)NC(=O)CC[C@@H]1C[C@@H](OC(=O)NCc2cccc3c2OCO3)C[C@@]2(CCC[C@H](COC(=O)NCc3cccc(C(F)(F)F)c3)O2)O1. The zero-order chi connectivity index (χ0) is 41.0. The Labute approximate surface area is 329 Å². The fourth-order valence-corrected chi connectivity index (χ4v) is 7.06. The van der Waals surface area contributed by atoms with Crippen LogP contribution in [0.4, 0.5) is 22.8 Å². The third-order valence-corrected chi connectivity index (χ3v) is 9.81. The Bertz CT molecular complexity index is 1690. The molecule has 2 aromatic rings. The number of hydrogen-bond acceptors (Lipinski definition) is 11. The van der Waals surface area contributed by atoms with Gasteiger partial charge in [0.1, 0.15) is 18.8 Å². The van der Waals surface area contributed by atoms with Crippen LogP contribution in [0.3, 0.4) is 0 Å². The van der Waals surface area contributed by atoms with Gasteiger partial charge in [-0.3, -0.25) is 4.79 Å². The molecule has 3 aliphatic rings. The van der Waals surface area contributed by atoms with Crippen molar-refractivity contribution in [2.75, 3.05) is 20.0 Å². The van der Waals surface area contributed by atoms with Crippen LogP contribution in [0.25, 0.3) is 0 Å². The van der Waals surface area contributed by atoms with E-state index in [1.165, 1.54) is 12.1 Å². The second-order valence-corrected chi connectivity index (χ2v) is 14.8. The van der Waals surface area contributed by atoms with Crippen molar-refractivity contribution in [2.24, 2.45) is 5.92 Å². The van der Waals surface area contributed by atoms with Gasteiger partial charge in [0.05, 0.1) is 24.4 Å². The number of ether oxygens (including phenoxy) is 7. The van der Waals surface area contributed by atoms with E-state index < -0.39 is 60.0 Å². The van der Waals surface area contributed by atoms with E-state index in [-0.39, 0.29) is 70.3 Å². The van der Waals surface area contributed by atoms with Crippen molar-refractivity contribution in [2.45, 2.75) is 128 Å². The second-order valence-electron chi connectivity index (χ2n) is 14.8. The summed E-state index contributed by atoms with van der Waals surface area (Å²) in [5.41, 5.74) is 0.136. The number of alkyl carbamates (subject to hydrolysis) is 2. The van der Waals surface area contributed by atoms with Crippen LogP contribution in [0.2, 0.25) is 0 Å². The summed E-state index contributed by atoms with van der Waals surface area (Å²) in [7, 11) is 0. The van der Waals surface area contributed by atoms with Gasteiger partial charge in [0.25, 0.3) is 0 Å². The molecule has 5 rings (SSSR count). The molecular formula is C40H52F3N3O11. The Morgan fingerprint density at radius 3 is 2.49 bits per heavy atom. The van der Waals surface area contributed by atoms with Gasteiger partial charge in [-0.15, -0.1) is 0 Å². The Morgan fingerprint density at radius 1 is 0.947 bits per heavy atom. The van der Waals surface area contributed by atoms with Gasteiger partial charge in [0.2, 0.25) is 12.7 Å². The summed E-state index contributed by atoms with van der Waals surface area (Å²) in [4.78, 5) is 51.4. The topological polar surface area (TPSA) is 169 Å². The Balaban J connectivity index is 1.20. The van der Waals surface area contributed by atoms with E-state index in [1.54, 1.807) is 25.1 Å².